The Morgan fingerprint density at radius 1 is 1.35 bits per heavy atom. The number of hydrogen-bond acceptors (Lipinski definition) is 2. The standard InChI is InChI=1S/C13H17BrClF3N2/c1-12(2,4-3-5-15)8-20-11-10(13(16,17)18)6-9(14)7-19-11/h6-7H,3-5,8H2,1-2H3,(H,19,20). The van der Waals surface area contributed by atoms with Gasteiger partial charge in [0.15, 0.2) is 0 Å². The number of nitrogens with one attached hydrogen (secondary N) is 1. The normalized spacial score (nSPS) is 12.6. The topological polar surface area (TPSA) is 24.9 Å². The van der Waals surface area contributed by atoms with E-state index in [4.69, 9.17) is 11.6 Å². The molecule has 0 saturated carbocycles. The fourth-order valence-electron chi connectivity index (χ4n) is 1.75. The fourth-order valence-corrected chi connectivity index (χ4v) is 2.22. The van der Waals surface area contributed by atoms with Gasteiger partial charge in [-0.1, -0.05) is 13.8 Å². The average molecular weight is 374 g/mol. The zero-order valence-corrected chi connectivity index (χ0v) is 13.7. The molecule has 2 nitrogen and oxygen atoms in total. The van der Waals surface area contributed by atoms with Crippen LogP contribution in [0.2, 0.25) is 0 Å². The highest BCUT2D eigenvalue weighted by molar-refractivity contribution is 9.10. The van der Waals surface area contributed by atoms with Crippen molar-refractivity contribution in [2.24, 2.45) is 5.41 Å². The molecule has 0 unspecified atom stereocenters. The van der Waals surface area contributed by atoms with Crippen molar-refractivity contribution in [2.45, 2.75) is 32.9 Å². The van der Waals surface area contributed by atoms with E-state index in [1.807, 2.05) is 13.8 Å². The summed E-state index contributed by atoms with van der Waals surface area (Å²) in [7, 11) is 0. The molecule has 1 N–H and O–H groups in total. The molecule has 1 heterocycles. The highest BCUT2D eigenvalue weighted by Crippen LogP contribution is 2.35. The highest BCUT2D eigenvalue weighted by Gasteiger charge is 2.35. The van der Waals surface area contributed by atoms with Crippen molar-refractivity contribution in [1.29, 1.82) is 0 Å². The van der Waals surface area contributed by atoms with E-state index in [2.05, 4.69) is 26.2 Å². The van der Waals surface area contributed by atoms with Crippen molar-refractivity contribution in [3.8, 4) is 0 Å². The maximum absolute atomic E-state index is 12.9. The smallest absolute Gasteiger partial charge is 0.369 e. The van der Waals surface area contributed by atoms with Gasteiger partial charge in [0.1, 0.15) is 5.82 Å². The molecular formula is C13H17BrClF3N2. The van der Waals surface area contributed by atoms with Gasteiger partial charge in [-0.2, -0.15) is 13.2 Å². The zero-order valence-electron chi connectivity index (χ0n) is 11.3. The van der Waals surface area contributed by atoms with Crippen LogP contribution in [0.4, 0.5) is 19.0 Å². The molecule has 0 aromatic carbocycles. The van der Waals surface area contributed by atoms with E-state index < -0.39 is 11.7 Å². The van der Waals surface area contributed by atoms with Crippen LogP contribution in [0.15, 0.2) is 16.7 Å². The largest absolute Gasteiger partial charge is 0.419 e. The summed E-state index contributed by atoms with van der Waals surface area (Å²) in [5.41, 5.74) is -0.910. The van der Waals surface area contributed by atoms with Gasteiger partial charge in [-0.3, -0.25) is 0 Å². The minimum Gasteiger partial charge on any atom is -0.369 e. The number of halogens is 5. The van der Waals surface area contributed by atoms with Crippen LogP contribution in [0.3, 0.4) is 0 Å². The van der Waals surface area contributed by atoms with Crippen LogP contribution in [0.25, 0.3) is 0 Å². The van der Waals surface area contributed by atoms with Gasteiger partial charge in [0.25, 0.3) is 0 Å². The Morgan fingerprint density at radius 2 is 2.00 bits per heavy atom. The number of pyridine rings is 1. The average Bonchev–Trinajstić information content (AvgIpc) is 2.34. The Balaban J connectivity index is 2.83. The Kier molecular flexibility index (Phi) is 6.13. The van der Waals surface area contributed by atoms with Crippen molar-refractivity contribution in [2.75, 3.05) is 17.7 Å². The van der Waals surface area contributed by atoms with Gasteiger partial charge in [-0.25, -0.2) is 4.98 Å². The third-order valence-electron chi connectivity index (χ3n) is 2.88. The van der Waals surface area contributed by atoms with Gasteiger partial charge >= 0.3 is 6.18 Å². The number of hydrogen-bond donors (Lipinski definition) is 1. The van der Waals surface area contributed by atoms with Crippen LogP contribution >= 0.6 is 27.5 Å². The van der Waals surface area contributed by atoms with Gasteiger partial charge < -0.3 is 5.32 Å². The van der Waals surface area contributed by atoms with Gasteiger partial charge in [-0.05, 0) is 40.3 Å². The highest BCUT2D eigenvalue weighted by atomic mass is 79.9. The molecule has 0 aliphatic rings. The molecule has 0 aliphatic heterocycles. The first-order valence-corrected chi connectivity index (χ1v) is 7.51. The van der Waals surface area contributed by atoms with Crippen molar-refractivity contribution in [3.63, 3.8) is 0 Å². The number of alkyl halides is 4. The number of anilines is 1. The predicted molar refractivity (Wildman–Crippen MR) is 79.2 cm³/mol. The molecule has 0 aliphatic carbocycles. The van der Waals surface area contributed by atoms with Crippen LogP contribution < -0.4 is 5.32 Å². The molecule has 0 atom stereocenters. The lowest BCUT2D eigenvalue weighted by molar-refractivity contribution is -0.137. The van der Waals surface area contributed by atoms with Gasteiger partial charge in [-0.15, -0.1) is 11.6 Å². The van der Waals surface area contributed by atoms with Crippen molar-refractivity contribution < 1.29 is 13.2 Å². The second-order valence-corrected chi connectivity index (χ2v) is 6.65. The Bertz CT molecular complexity index is 450. The van der Waals surface area contributed by atoms with Crippen molar-refractivity contribution in [1.82, 2.24) is 4.98 Å². The Labute approximate surface area is 130 Å². The molecule has 0 bridgehead atoms. The summed E-state index contributed by atoms with van der Waals surface area (Å²) in [6, 6.07) is 1.03. The second kappa shape index (κ2) is 6.98. The minimum atomic E-state index is -4.43. The molecule has 20 heavy (non-hydrogen) atoms. The Morgan fingerprint density at radius 3 is 2.55 bits per heavy atom. The van der Waals surface area contributed by atoms with Crippen LogP contribution in [-0.4, -0.2) is 17.4 Å². The SMILES string of the molecule is CC(C)(CCCCl)CNc1ncc(Br)cc1C(F)(F)F. The van der Waals surface area contributed by atoms with Crippen LogP contribution in [0.5, 0.6) is 0 Å². The quantitative estimate of drug-likeness (QED) is 0.683. The third kappa shape index (κ3) is 5.48. The third-order valence-corrected chi connectivity index (χ3v) is 3.58. The van der Waals surface area contributed by atoms with Crippen LogP contribution in [-0.2, 0) is 6.18 Å². The summed E-state index contributed by atoms with van der Waals surface area (Å²) in [5.74, 6) is 0.410. The molecular weight excluding hydrogens is 357 g/mol. The van der Waals surface area contributed by atoms with Gasteiger partial charge in [0.05, 0.1) is 5.56 Å². The number of aromatic nitrogens is 1. The fraction of sp³-hybridized carbons (Fsp3) is 0.615. The maximum Gasteiger partial charge on any atom is 0.419 e. The molecule has 0 amide bonds. The van der Waals surface area contributed by atoms with Gasteiger partial charge in [0, 0.05) is 23.1 Å². The molecule has 0 spiro atoms. The van der Waals surface area contributed by atoms with Crippen molar-refractivity contribution >= 4 is 33.3 Å². The minimum absolute atomic E-state index is 0.139. The molecule has 7 heteroatoms. The lowest BCUT2D eigenvalue weighted by Gasteiger charge is -2.25. The summed E-state index contributed by atoms with van der Waals surface area (Å²) >= 11 is 8.65. The van der Waals surface area contributed by atoms with E-state index in [0.717, 1.165) is 18.9 Å². The van der Waals surface area contributed by atoms with E-state index in [1.54, 1.807) is 0 Å². The monoisotopic (exact) mass is 372 g/mol. The number of rotatable bonds is 6. The van der Waals surface area contributed by atoms with E-state index in [1.165, 1.54) is 6.20 Å². The van der Waals surface area contributed by atoms with Gasteiger partial charge in [0.2, 0.25) is 0 Å². The summed E-state index contributed by atoms with van der Waals surface area (Å²) < 4.78 is 39.1. The second-order valence-electron chi connectivity index (χ2n) is 5.36. The van der Waals surface area contributed by atoms with E-state index >= 15 is 0 Å². The molecule has 1 aromatic rings. The first-order valence-electron chi connectivity index (χ1n) is 6.18. The Hall–Kier alpha value is -0.490. The first kappa shape index (κ1) is 17.6. The molecule has 0 fully saturated rings. The maximum atomic E-state index is 12.9. The van der Waals surface area contributed by atoms with Crippen LogP contribution in [0, 0.1) is 5.41 Å². The molecule has 0 radical (unpaired) electrons. The summed E-state index contributed by atoms with van der Waals surface area (Å²) in [6.07, 6.45) is -1.42. The van der Waals surface area contributed by atoms with E-state index in [0.29, 0.717) is 16.9 Å². The molecule has 1 rings (SSSR count). The predicted octanol–water partition coefficient (Wildman–Crippen LogP) is 5.32. The first-order chi connectivity index (χ1) is 9.15. The lowest BCUT2D eigenvalue weighted by Crippen LogP contribution is -2.25. The summed E-state index contributed by atoms with van der Waals surface area (Å²) in [5, 5.41) is 2.80. The summed E-state index contributed by atoms with van der Waals surface area (Å²) in [4.78, 5) is 3.82. The molecule has 1 aromatic heterocycles. The lowest BCUT2D eigenvalue weighted by atomic mass is 9.88. The zero-order chi connectivity index (χ0) is 15.4. The van der Waals surface area contributed by atoms with E-state index in [-0.39, 0.29) is 11.2 Å². The summed E-state index contributed by atoms with van der Waals surface area (Å²) in [6.45, 7) is 4.37. The number of nitrogens with zero attached hydrogens (tertiary/aromatic N) is 1. The molecule has 114 valence electrons. The van der Waals surface area contributed by atoms with E-state index in [9.17, 15) is 13.2 Å². The van der Waals surface area contributed by atoms with Crippen LogP contribution in [0.1, 0.15) is 32.3 Å². The van der Waals surface area contributed by atoms with Crippen molar-refractivity contribution in [3.05, 3.63) is 22.3 Å². The molecule has 0 saturated heterocycles.